The summed E-state index contributed by atoms with van der Waals surface area (Å²) in [7, 11) is 1.70. The van der Waals surface area contributed by atoms with Gasteiger partial charge in [0.15, 0.2) is 0 Å². The predicted octanol–water partition coefficient (Wildman–Crippen LogP) is 5.33. The summed E-state index contributed by atoms with van der Waals surface area (Å²) >= 11 is 9.70. The van der Waals surface area contributed by atoms with Crippen LogP contribution >= 0.6 is 27.5 Å². The minimum absolute atomic E-state index is 0.291. The lowest BCUT2D eigenvalue weighted by Gasteiger charge is -2.17. The van der Waals surface area contributed by atoms with E-state index in [0.29, 0.717) is 11.8 Å². The lowest BCUT2D eigenvalue weighted by atomic mass is 9.92. The molecule has 20 heavy (non-hydrogen) atoms. The van der Waals surface area contributed by atoms with Crippen LogP contribution in [-0.4, -0.2) is 13.0 Å². The Balaban J connectivity index is 2.28. The second-order valence-corrected chi connectivity index (χ2v) is 6.15. The van der Waals surface area contributed by atoms with Crippen molar-refractivity contribution in [1.29, 1.82) is 0 Å². The highest BCUT2D eigenvalue weighted by atomic mass is 79.9. The highest BCUT2D eigenvalue weighted by molar-refractivity contribution is 9.10. The molecule has 0 aromatic heterocycles. The van der Waals surface area contributed by atoms with Crippen LogP contribution in [0.25, 0.3) is 0 Å². The summed E-state index contributed by atoms with van der Waals surface area (Å²) in [5.74, 6) is 1.80. The Hall–Kier alpha value is -0.990. The zero-order valence-electron chi connectivity index (χ0n) is 11.7. The fourth-order valence-corrected chi connectivity index (χ4v) is 3.05. The number of hydrogen-bond donors (Lipinski definition) is 0. The Bertz CT molecular complexity index is 583. The van der Waals surface area contributed by atoms with Gasteiger partial charge >= 0.3 is 0 Å². The molecule has 0 radical (unpaired) electrons. The first kappa shape index (κ1) is 15.4. The summed E-state index contributed by atoms with van der Waals surface area (Å²) in [6.45, 7) is 2.11. The maximum Gasteiger partial charge on any atom is 0.122 e. The molecule has 2 aromatic rings. The van der Waals surface area contributed by atoms with Gasteiger partial charge in [0, 0.05) is 16.3 Å². The minimum atomic E-state index is 0.291. The van der Waals surface area contributed by atoms with Crippen LogP contribution in [0.15, 0.2) is 46.9 Å². The minimum Gasteiger partial charge on any atom is -0.496 e. The number of alkyl halides is 1. The Kier molecular flexibility index (Phi) is 5.50. The third-order valence-corrected chi connectivity index (χ3v) is 4.27. The Morgan fingerprint density at radius 1 is 1.20 bits per heavy atom. The monoisotopic (exact) mass is 352 g/mol. The van der Waals surface area contributed by atoms with Gasteiger partial charge in [0.1, 0.15) is 5.75 Å². The normalized spacial score (nSPS) is 12.2. The summed E-state index contributed by atoms with van der Waals surface area (Å²) < 4.78 is 6.50. The molecule has 2 aromatic carbocycles. The van der Waals surface area contributed by atoms with Gasteiger partial charge in [-0.25, -0.2) is 0 Å². The number of hydrogen-bond acceptors (Lipinski definition) is 1. The van der Waals surface area contributed by atoms with Crippen LogP contribution in [0.1, 0.15) is 22.6 Å². The average molecular weight is 354 g/mol. The Morgan fingerprint density at radius 2 is 2.00 bits per heavy atom. The molecule has 1 unspecified atom stereocenters. The zero-order chi connectivity index (χ0) is 14.5. The maximum absolute atomic E-state index is 6.19. The highest BCUT2D eigenvalue weighted by Gasteiger charge is 2.14. The van der Waals surface area contributed by atoms with Crippen LogP contribution in [0.2, 0.25) is 0 Å². The molecular formula is C17H18BrClO. The predicted molar refractivity (Wildman–Crippen MR) is 89.0 cm³/mol. The zero-order valence-corrected chi connectivity index (χ0v) is 14.0. The molecule has 0 fully saturated rings. The smallest absolute Gasteiger partial charge is 0.122 e. The van der Waals surface area contributed by atoms with Crippen molar-refractivity contribution in [3.63, 3.8) is 0 Å². The highest BCUT2D eigenvalue weighted by Crippen LogP contribution is 2.30. The first-order chi connectivity index (χ1) is 9.63. The van der Waals surface area contributed by atoms with Crippen molar-refractivity contribution in [1.82, 2.24) is 0 Å². The van der Waals surface area contributed by atoms with Gasteiger partial charge < -0.3 is 4.74 Å². The van der Waals surface area contributed by atoms with Gasteiger partial charge in [-0.1, -0.05) is 45.8 Å². The number of halogens is 2. The molecule has 106 valence electrons. The molecule has 0 amide bonds. The quantitative estimate of drug-likeness (QED) is 0.660. The van der Waals surface area contributed by atoms with Crippen molar-refractivity contribution < 1.29 is 4.74 Å². The summed E-state index contributed by atoms with van der Waals surface area (Å²) in [6.07, 6.45) is 0.871. The number of benzene rings is 2. The van der Waals surface area contributed by atoms with Crippen molar-refractivity contribution in [2.75, 3.05) is 13.0 Å². The molecule has 0 bridgehead atoms. The summed E-state index contributed by atoms with van der Waals surface area (Å²) in [4.78, 5) is 0. The molecule has 0 spiro atoms. The van der Waals surface area contributed by atoms with E-state index in [1.54, 1.807) is 7.11 Å². The van der Waals surface area contributed by atoms with E-state index in [2.05, 4.69) is 53.2 Å². The number of ether oxygens (including phenoxy) is 1. The molecule has 1 nitrogen and oxygen atoms in total. The SMILES string of the molecule is COc1ccc(Br)cc1CC(CCl)c1cccc(C)c1. The van der Waals surface area contributed by atoms with Crippen molar-refractivity contribution in [3.8, 4) is 5.75 Å². The van der Waals surface area contributed by atoms with E-state index in [1.807, 2.05) is 12.1 Å². The molecule has 0 saturated heterocycles. The first-order valence-electron chi connectivity index (χ1n) is 6.59. The molecule has 0 aliphatic heterocycles. The van der Waals surface area contributed by atoms with Crippen LogP contribution in [-0.2, 0) is 6.42 Å². The van der Waals surface area contributed by atoms with E-state index < -0.39 is 0 Å². The van der Waals surface area contributed by atoms with Crippen LogP contribution in [0.4, 0.5) is 0 Å². The van der Waals surface area contributed by atoms with Crippen molar-refractivity contribution in [2.45, 2.75) is 19.3 Å². The molecule has 0 aliphatic rings. The van der Waals surface area contributed by atoms with Gasteiger partial charge in [0.2, 0.25) is 0 Å². The first-order valence-corrected chi connectivity index (χ1v) is 7.91. The third-order valence-electron chi connectivity index (χ3n) is 3.41. The summed E-state index contributed by atoms with van der Waals surface area (Å²) in [5.41, 5.74) is 3.72. The van der Waals surface area contributed by atoms with Gasteiger partial charge in [0.05, 0.1) is 7.11 Å². The van der Waals surface area contributed by atoms with Gasteiger partial charge in [0.25, 0.3) is 0 Å². The van der Waals surface area contributed by atoms with E-state index in [9.17, 15) is 0 Å². The largest absolute Gasteiger partial charge is 0.496 e. The standard InChI is InChI=1S/C17H18BrClO/c1-12-4-3-5-13(8-12)15(11-19)9-14-10-16(18)6-7-17(14)20-2/h3-8,10,15H,9,11H2,1-2H3. The fourth-order valence-electron chi connectivity index (χ4n) is 2.36. The lowest BCUT2D eigenvalue weighted by molar-refractivity contribution is 0.408. The van der Waals surface area contributed by atoms with E-state index in [-0.39, 0.29) is 0 Å². The van der Waals surface area contributed by atoms with E-state index in [1.165, 1.54) is 16.7 Å². The summed E-state index contributed by atoms with van der Waals surface area (Å²) in [5, 5.41) is 0. The molecule has 3 heteroatoms. The molecule has 0 N–H and O–H groups in total. The van der Waals surface area contributed by atoms with Crippen molar-refractivity contribution in [3.05, 3.63) is 63.6 Å². The van der Waals surface area contributed by atoms with Gasteiger partial charge in [-0.3, -0.25) is 0 Å². The lowest BCUT2D eigenvalue weighted by Crippen LogP contribution is -2.06. The third kappa shape index (κ3) is 3.77. The van der Waals surface area contributed by atoms with Crippen molar-refractivity contribution >= 4 is 27.5 Å². The molecule has 1 atom stereocenters. The van der Waals surface area contributed by atoms with Gasteiger partial charge in [-0.05, 0) is 42.7 Å². The van der Waals surface area contributed by atoms with E-state index in [4.69, 9.17) is 16.3 Å². The van der Waals surface area contributed by atoms with Gasteiger partial charge in [-0.15, -0.1) is 11.6 Å². The van der Waals surface area contributed by atoms with Crippen molar-refractivity contribution in [2.24, 2.45) is 0 Å². The topological polar surface area (TPSA) is 9.23 Å². The van der Waals surface area contributed by atoms with Crippen LogP contribution in [0.5, 0.6) is 5.75 Å². The van der Waals surface area contributed by atoms with Crippen LogP contribution in [0.3, 0.4) is 0 Å². The second kappa shape index (κ2) is 7.14. The molecule has 0 aliphatic carbocycles. The van der Waals surface area contributed by atoms with Crippen LogP contribution < -0.4 is 4.74 Å². The van der Waals surface area contributed by atoms with Gasteiger partial charge in [-0.2, -0.15) is 0 Å². The number of aryl methyl sites for hydroxylation is 1. The molecule has 0 heterocycles. The number of methoxy groups -OCH3 is 1. The second-order valence-electron chi connectivity index (χ2n) is 4.93. The summed E-state index contributed by atoms with van der Waals surface area (Å²) in [6, 6.07) is 14.6. The molecule has 0 saturated carbocycles. The number of rotatable bonds is 5. The van der Waals surface area contributed by atoms with Crippen LogP contribution in [0, 0.1) is 6.92 Å². The fraction of sp³-hybridized carbons (Fsp3) is 0.294. The molecule has 2 rings (SSSR count). The molecular weight excluding hydrogens is 336 g/mol. The Morgan fingerprint density at radius 3 is 2.65 bits per heavy atom. The van der Waals surface area contributed by atoms with E-state index >= 15 is 0 Å². The maximum atomic E-state index is 6.19. The average Bonchev–Trinajstić information content (AvgIpc) is 2.45. The van der Waals surface area contributed by atoms with E-state index in [0.717, 1.165) is 16.6 Å². The Labute approximate surface area is 134 Å².